The highest BCUT2D eigenvalue weighted by atomic mass is 16.5. The van der Waals surface area contributed by atoms with Gasteiger partial charge in [-0.2, -0.15) is 0 Å². The van der Waals surface area contributed by atoms with Crippen LogP contribution in [0.15, 0.2) is 24.3 Å². The molecule has 22 heavy (non-hydrogen) atoms. The summed E-state index contributed by atoms with van der Waals surface area (Å²) >= 11 is 0. The summed E-state index contributed by atoms with van der Waals surface area (Å²) < 4.78 is 11.6. The third-order valence-corrected chi connectivity index (χ3v) is 4.79. The van der Waals surface area contributed by atoms with Gasteiger partial charge in [0.1, 0.15) is 5.60 Å². The predicted molar refractivity (Wildman–Crippen MR) is 84.5 cm³/mol. The molecule has 120 valence electrons. The molecule has 1 aromatic carbocycles. The Hall–Kier alpha value is -1.39. The van der Waals surface area contributed by atoms with E-state index in [-0.39, 0.29) is 12.0 Å². The molecule has 0 spiro atoms. The van der Waals surface area contributed by atoms with Crippen LogP contribution in [0.5, 0.6) is 0 Å². The van der Waals surface area contributed by atoms with Crippen molar-refractivity contribution < 1.29 is 14.3 Å². The lowest BCUT2D eigenvalue weighted by Gasteiger charge is -2.44. The lowest BCUT2D eigenvalue weighted by Crippen LogP contribution is -2.61. The molecular weight excluding hydrogens is 278 g/mol. The maximum absolute atomic E-state index is 12.5. The molecule has 2 aliphatic rings. The third kappa shape index (κ3) is 3.18. The van der Waals surface area contributed by atoms with Crippen molar-refractivity contribution in [2.24, 2.45) is 0 Å². The Labute approximate surface area is 132 Å². The summed E-state index contributed by atoms with van der Waals surface area (Å²) in [7, 11) is 0. The van der Waals surface area contributed by atoms with Crippen LogP contribution in [0.25, 0.3) is 0 Å². The second-order valence-corrected chi connectivity index (χ2v) is 6.61. The van der Waals surface area contributed by atoms with Crippen LogP contribution >= 0.6 is 0 Å². The number of carbonyl (C=O) groups is 1. The van der Waals surface area contributed by atoms with Crippen molar-refractivity contribution in [3.05, 3.63) is 35.4 Å². The minimum Gasteiger partial charge on any atom is -0.370 e. The van der Waals surface area contributed by atoms with Crippen molar-refractivity contribution in [1.82, 2.24) is 4.90 Å². The summed E-state index contributed by atoms with van der Waals surface area (Å²) in [6.07, 6.45) is 3.11. The van der Waals surface area contributed by atoms with Gasteiger partial charge in [0.25, 0.3) is 5.91 Å². The average molecular weight is 303 g/mol. The zero-order valence-corrected chi connectivity index (χ0v) is 13.5. The molecule has 2 saturated heterocycles. The first-order valence-electron chi connectivity index (χ1n) is 8.18. The number of rotatable bonds is 4. The van der Waals surface area contributed by atoms with Crippen molar-refractivity contribution in [3.63, 3.8) is 0 Å². The smallest absolute Gasteiger partial charge is 0.254 e. The van der Waals surface area contributed by atoms with Gasteiger partial charge in [0.05, 0.1) is 12.7 Å². The fraction of sp³-hybridized carbons (Fsp3) is 0.611. The molecule has 0 unspecified atom stereocenters. The summed E-state index contributed by atoms with van der Waals surface area (Å²) in [4.78, 5) is 14.4. The Morgan fingerprint density at radius 1 is 1.36 bits per heavy atom. The van der Waals surface area contributed by atoms with Gasteiger partial charge >= 0.3 is 0 Å². The van der Waals surface area contributed by atoms with Crippen LogP contribution < -0.4 is 0 Å². The third-order valence-electron chi connectivity index (χ3n) is 4.79. The van der Waals surface area contributed by atoms with Gasteiger partial charge in [-0.1, -0.05) is 24.3 Å². The van der Waals surface area contributed by atoms with Gasteiger partial charge in [-0.3, -0.25) is 4.79 Å². The largest absolute Gasteiger partial charge is 0.370 e. The van der Waals surface area contributed by atoms with Gasteiger partial charge in [-0.05, 0) is 44.2 Å². The highest BCUT2D eigenvalue weighted by Gasteiger charge is 2.43. The van der Waals surface area contributed by atoms with Crippen LogP contribution in [-0.4, -0.2) is 42.2 Å². The number of likely N-dealkylation sites (tertiary alicyclic amines) is 1. The molecule has 2 heterocycles. The number of aryl methyl sites for hydroxylation is 1. The number of hydrogen-bond acceptors (Lipinski definition) is 3. The fourth-order valence-electron chi connectivity index (χ4n) is 3.13. The maximum atomic E-state index is 12.5. The standard InChI is InChI=1S/C18H25NO3/c1-14-7-3-4-8-15(14)13-21-16-11-19(12-16)17(20)18(2)9-5-6-10-22-18/h3-4,7-8,16H,5-6,9-13H2,1-2H3/t18-/m1/s1. The predicted octanol–water partition coefficient (Wildman–Crippen LogP) is 2.68. The molecule has 0 saturated carbocycles. The van der Waals surface area contributed by atoms with E-state index in [1.807, 2.05) is 24.0 Å². The molecule has 1 amide bonds. The highest BCUT2D eigenvalue weighted by Crippen LogP contribution is 2.29. The summed E-state index contributed by atoms with van der Waals surface area (Å²) in [5.74, 6) is 0.128. The first-order valence-corrected chi connectivity index (χ1v) is 8.18. The Morgan fingerprint density at radius 2 is 2.14 bits per heavy atom. The van der Waals surface area contributed by atoms with Gasteiger partial charge in [0.2, 0.25) is 0 Å². The summed E-state index contributed by atoms with van der Waals surface area (Å²) in [6.45, 7) is 6.70. The Kier molecular flexibility index (Phi) is 4.50. The molecule has 0 radical (unpaired) electrons. The Balaban J connectivity index is 1.46. The molecule has 0 aromatic heterocycles. The van der Waals surface area contributed by atoms with Gasteiger partial charge in [-0.15, -0.1) is 0 Å². The number of carbonyl (C=O) groups excluding carboxylic acids is 1. The molecule has 4 heteroatoms. The number of benzene rings is 1. The lowest BCUT2D eigenvalue weighted by molar-refractivity contribution is -0.174. The van der Waals surface area contributed by atoms with Crippen LogP contribution in [0.3, 0.4) is 0 Å². The maximum Gasteiger partial charge on any atom is 0.254 e. The highest BCUT2D eigenvalue weighted by molar-refractivity contribution is 5.85. The second kappa shape index (κ2) is 6.39. The molecule has 4 nitrogen and oxygen atoms in total. The minimum absolute atomic E-state index is 0.128. The van der Waals surface area contributed by atoms with E-state index in [0.717, 1.165) is 19.3 Å². The number of ether oxygens (including phenoxy) is 2. The first-order chi connectivity index (χ1) is 10.6. The van der Waals surface area contributed by atoms with Crippen molar-refractivity contribution in [1.29, 1.82) is 0 Å². The second-order valence-electron chi connectivity index (χ2n) is 6.61. The van der Waals surface area contributed by atoms with Crippen LogP contribution in [-0.2, 0) is 20.9 Å². The molecule has 0 bridgehead atoms. The molecular formula is C18H25NO3. The summed E-state index contributed by atoms with van der Waals surface area (Å²) in [5, 5.41) is 0. The van der Waals surface area contributed by atoms with E-state index >= 15 is 0 Å². The van der Waals surface area contributed by atoms with Crippen LogP contribution in [0.2, 0.25) is 0 Å². The monoisotopic (exact) mass is 303 g/mol. The summed E-state index contributed by atoms with van der Waals surface area (Å²) in [6, 6.07) is 8.25. The average Bonchev–Trinajstić information content (AvgIpc) is 2.48. The fourth-order valence-corrected chi connectivity index (χ4v) is 3.13. The zero-order chi connectivity index (χ0) is 15.6. The van der Waals surface area contributed by atoms with Crippen LogP contribution in [0.4, 0.5) is 0 Å². The Morgan fingerprint density at radius 3 is 2.82 bits per heavy atom. The van der Waals surface area contributed by atoms with Crippen molar-refractivity contribution >= 4 is 5.91 Å². The van der Waals surface area contributed by atoms with Crippen molar-refractivity contribution in [2.75, 3.05) is 19.7 Å². The molecule has 2 fully saturated rings. The molecule has 3 rings (SSSR count). The van der Waals surface area contributed by atoms with E-state index in [1.165, 1.54) is 11.1 Å². The van der Waals surface area contributed by atoms with Crippen LogP contribution in [0.1, 0.15) is 37.3 Å². The minimum atomic E-state index is -0.612. The normalized spacial score (nSPS) is 25.8. The first kappa shape index (κ1) is 15.5. The SMILES string of the molecule is Cc1ccccc1COC1CN(C(=O)[C@@]2(C)CCCCO2)C1. The lowest BCUT2D eigenvalue weighted by atomic mass is 9.93. The van der Waals surface area contributed by atoms with E-state index in [0.29, 0.717) is 26.3 Å². The number of hydrogen-bond donors (Lipinski definition) is 0. The molecule has 0 aliphatic carbocycles. The van der Waals surface area contributed by atoms with E-state index in [2.05, 4.69) is 19.1 Å². The van der Waals surface area contributed by atoms with E-state index in [4.69, 9.17) is 9.47 Å². The van der Waals surface area contributed by atoms with Gasteiger partial charge in [0, 0.05) is 19.7 Å². The van der Waals surface area contributed by atoms with E-state index in [1.54, 1.807) is 0 Å². The van der Waals surface area contributed by atoms with Crippen molar-refractivity contribution in [3.8, 4) is 0 Å². The number of nitrogens with zero attached hydrogens (tertiary/aromatic N) is 1. The number of amides is 1. The van der Waals surface area contributed by atoms with E-state index < -0.39 is 5.60 Å². The molecule has 2 aliphatic heterocycles. The Bertz CT molecular complexity index is 531. The molecule has 0 N–H and O–H groups in total. The molecule has 1 aromatic rings. The van der Waals surface area contributed by atoms with Gasteiger partial charge < -0.3 is 14.4 Å². The zero-order valence-electron chi connectivity index (χ0n) is 13.5. The van der Waals surface area contributed by atoms with E-state index in [9.17, 15) is 4.79 Å². The summed E-state index contributed by atoms with van der Waals surface area (Å²) in [5.41, 5.74) is 1.85. The van der Waals surface area contributed by atoms with Crippen LogP contribution in [0, 0.1) is 6.92 Å². The quantitative estimate of drug-likeness (QED) is 0.858. The topological polar surface area (TPSA) is 38.8 Å². The van der Waals surface area contributed by atoms with Gasteiger partial charge in [0.15, 0.2) is 0 Å². The molecule has 1 atom stereocenters. The van der Waals surface area contributed by atoms with Crippen molar-refractivity contribution in [2.45, 2.75) is 51.4 Å². The van der Waals surface area contributed by atoms with Gasteiger partial charge in [-0.25, -0.2) is 0 Å².